The summed E-state index contributed by atoms with van der Waals surface area (Å²) in [4.78, 5) is 13.7. The van der Waals surface area contributed by atoms with Crippen LogP contribution in [0.2, 0.25) is 0 Å². The quantitative estimate of drug-likeness (QED) is 0.344. The molecule has 6 heteroatoms. The van der Waals surface area contributed by atoms with E-state index in [4.69, 9.17) is 10.9 Å². The van der Waals surface area contributed by atoms with Crippen LogP contribution in [0, 0.1) is 5.92 Å². The molecule has 0 radical (unpaired) electrons. The van der Waals surface area contributed by atoms with E-state index in [1.807, 2.05) is 25.0 Å². The van der Waals surface area contributed by atoms with Crippen LogP contribution in [-0.4, -0.2) is 45.9 Å². The number of nitrogens with zero attached hydrogens (tertiary/aromatic N) is 2. The van der Waals surface area contributed by atoms with Crippen molar-refractivity contribution in [3.05, 3.63) is 0 Å². The number of amides is 1. The number of amidine groups is 1. The molecule has 0 aromatic carbocycles. The Morgan fingerprint density at radius 2 is 2.00 bits per heavy atom. The van der Waals surface area contributed by atoms with Gasteiger partial charge in [0.2, 0.25) is 5.91 Å². The Labute approximate surface area is 106 Å². The van der Waals surface area contributed by atoms with Crippen LogP contribution in [0.15, 0.2) is 5.16 Å². The highest BCUT2D eigenvalue weighted by Crippen LogP contribution is 2.35. The molecule has 1 fully saturated rings. The monoisotopic (exact) mass is 259 g/mol. The molecule has 0 aliphatic carbocycles. The first-order chi connectivity index (χ1) is 7.96. The third-order valence-corrected chi connectivity index (χ3v) is 4.74. The molecule has 17 heavy (non-hydrogen) atoms. The fourth-order valence-corrected chi connectivity index (χ4v) is 2.95. The van der Waals surface area contributed by atoms with Crippen molar-refractivity contribution in [3.63, 3.8) is 0 Å². The molecular formula is C11H21N3O2S. The lowest BCUT2D eigenvalue weighted by molar-refractivity contribution is -0.135. The molecule has 0 aromatic heterocycles. The Balaban J connectivity index is 2.69. The topological polar surface area (TPSA) is 78.9 Å². The highest BCUT2D eigenvalue weighted by molar-refractivity contribution is 8.00. The number of hydrogen-bond acceptors (Lipinski definition) is 4. The average molecular weight is 259 g/mol. The summed E-state index contributed by atoms with van der Waals surface area (Å²) in [6.45, 7) is 5.16. The van der Waals surface area contributed by atoms with Crippen molar-refractivity contribution >= 4 is 23.5 Å². The molecular weight excluding hydrogens is 238 g/mol. The molecule has 5 nitrogen and oxygen atoms in total. The number of likely N-dealkylation sites (tertiary alicyclic amines) is 1. The molecule has 0 atom stereocenters. The summed E-state index contributed by atoms with van der Waals surface area (Å²) >= 11 is 1.59. The fraction of sp³-hybridized carbons (Fsp3) is 0.818. The van der Waals surface area contributed by atoms with Crippen LogP contribution >= 0.6 is 11.8 Å². The number of piperidine rings is 1. The normalized spacial score (nSPS) is 20.7. The molecule has 0 unspecified atom stereocenters. The summed E-state index contributed by atoms with van der Waals surface area (Å²) in [7, 11) is 0. The van der Waals surface area contributed by atoms with E-state index in [-0.39, 0.29) is 22.4 Å². The smallest absolute Gasteiger partial charge is 0.225 e. The zero-order valence-corrected chi connectivity index (χ0v) is 11.5. The first-order valence-electron chi connectivity index (χ1n) is 5.79. The van der Waals surface area contributed by atoms with Crippen molar-refractivity contribution < 1.29 is 10.0 Å². The van der Waals surface area contributed by atoms with Crippen LogP contribution in [-0.2, 0) is 4.79 Å². The standard InChI is InChI=1S/C11H21N3O2S/c1-8(2)9(15)14-6-4-11(17-3,5-7-14)10(12)13-16/h8,16H,4-7H2,1-3H3,(H2,12,13). The molecule has 1 amide bonds. The number of hydrogen-bond donors (Lipinski definition) is 2. The summed E-state index contributed by atoms with van der Waals surface area (Å²) < 4.78 is -0.317. The van der Waals surface area contributed by atoms with Crippen molar-refractivity contribution in [1.29, 1.82) is 0 Å². The van der Waals surface area contributed by atoms with Gasteiger partial charge < -0.3 is 15.8 Å². The van der Waals surface area contributed by atoms with Gasteiger partial charge in [0, 0.05) is 19.0 Å². The van der Waals surface area contributed by atoms with E-state index in [1.165, 1.54) is 0 Å². The van der Waals surface area contributed by atoms with Gasteiger partial charge in [-0.05, 0) is 19.1 Å². The Morgan fingerprint density at radius 3 is 2.35 bits per heavy atom. The molecule has 0 aromatic rings. The number of thioether (sulfide) groups is 1. The third-order valence-electron chi connectivity index (χ3n) is 3.34. The number of oxime groups is 1. The van der Waals surface area contributed by atoms with Crippen LogP contribution in [0.4, 0.5) is 0 Å². The van der Waals surface area contributed by atoms with E-state index in [0.29, 0.717) is 13.1 Å². The van der Waals surface area contributed by atoms with Crippen LogP contribution in [0.25, 0.3) is 0 Å². The highest BCUT2D eigenvalue weighted by atomic mass is 32.2. The number of nitrogens with two attached hydrogens (primary N) is 1. The van der Waals surface area contributed by atoms with Crippen LogP contribution in [0.3, 0.4) is 0 Å². The van der Waals surface area contributed by atoms with Gasteiger partial charge in [0.05, 0.1) is 4.75 Å². The molecule has 1 rings (SSSR count). The predicted molar refractivity (Wildman–Crippen MR) is 70.3 cm³/mol. The van der Waals surface area contributed by atoms with Crippen molar-refractivity contribution in [2.24, 2.45) is 16.8 Å². The minimum absolute atomic E-state index is 0.0284. The zero-order valence-electron chi connectivity index (χ0n) is 10.6. The first-order valence-corrected chi connectivity index (χ1v) is 7.01. The van der Waals surface area contributed by atoms with E-state index in [0.717, 1.165) is 12.8 Å². The Morgan fingerprint density at radius 1 is 1.47 bits per heavy atom. The van der Waals surface area contributed by atoms with Crippen molar-refractivity contribution in [3.8, 4) is 0 Å². The zero-order chi connectivity index (χ0) is 13.1. The minimum Gasteiger partial charge on any atom is -0.409 e. The van der Waals surface area contributed by atoms with E-state index in [1.54, 1.807) is 11.8 Å². The Bertz CT molecular complexity index is 310. The van der Waals surface area contributed by atoms with Gasteiger partial charge in [0.25, 0.3) is 0 Å². The second kappa shape index (κ2) is 5.62. The maximum atomic E-state index is 11.8. The third kappa shape index (κ3) is 2.86. The van der Waals surface area contributed by atoms with Crippen LogP contribution in [0.5, 0.6) is 0 Å². The van der Waals surface area contributed by atoms with Gasteiger partial charge in [0.1, 0.15) is 0 Å². The SMILES string of the molecule is CSC1(C(N)=NO)CCN(C(=O)C(C)C)CC1. The molecule has 0 spiro atoms. The van der Waals surface area contributed by atoms with Gasteiger partial charge in [0.15, 0.2) is 5.84 Å². The summed E-state index contributed by atoms with van der Waals surface area (Å²) in [5.74, 6) is 0.474. The van der Waals surface area contributed by atoms with E-state index in [2.05, 4.69) is 5.16 Å². The molecule has 0 saturated carbocycles. The second-order valence-electron chi connectivity index (χ2n) is 4.66. The highest BCUT2D eigenvalue weighted by Gasteiger charge is 2.39. The van der Waals surface area contributed by atoms with Gasteiger partial charge in [-0.15, -0.1) is 0 Å². The first kappa shape index (κ1) is 14.2. The summed E-state index contributed by atoms with van der Waals surface area (Å²) in [5, 5.41) is 11.9. The van der Waals surface area contributed by atoms with Gasteiger partial charge in [-0.2, -0.15) is 11.8 Å². The van der Waals surface area contributed by atoms with Gasteiger partial charge in [-0.3, -0.25) is 4.79 Å². The van der Waals surface area contributed by atoms with E-state index < -0.39 is 0 Å². The van der Waals surface area contributed by atoms with Gasteiger partial charge in [-0.1, -0.05) is 19.0 Å². The second-order valence-corrected chi connectivity index (χ2v) is 5.85. The summed E-state index contributed by atoms with van der Waals surface area (Å²) in [6.07, 6.45) is 3.43. The van der Waals surface area contributed by atoms with E-state index in [9.17, 15) is 4.79 Å². The van der Waals surface area contributed by atoms with Crippen molar-refractivity contribution in [2.45, 2.75) is 31.4 Å². The molecule has 1 aliphatic heterocycles. The van der Waals surface area contributed by atoms with Crippen molar-refractivity contribution in [2.75, 3.05) is 19.3 Å². The number of carbonyl (C=O) groups is 1. The Hall–Kier alpha value is -0.910. The minimum atomic E-state index is -0.317. The van der Waals surface area contributed by atoms with Crippen LogP contribution in [0.1, 0.15) is 26.7 Å². The van der Waals surface area contributed by atoms with Gasteiger partial charge in [-0.25, -0.2) is 0 Å². The summed E-state index contributed by atoms with van der Waals surface area (Å²) in [6, 6.07) is 0. The number of rotatable bonds is 3. The van der Waals surface area contributed by atoms with E-state index >= 15 is 0 Å². The molecule has 1 aliphatic rings. The largest absolute Gasteiger partial charge is 0.409 e. The Kier molecular flexibility index (Phi) is 4.68. The summed E-state index contributed by atoms with van der Waals surface area (Å²) in [5.41, 5.74) is 5.75. The predicted octanol–water partition coefficient (Wildman–Crippen LogP) is 1.11. The molecule has 1 heterocycles. The lowest BCUT2D eigenvalue weighted by atomic mass is 9.94. The maximum Gasteiger partial charge on any atom is 0.225 e. The molecule has 98 valence electrons. The lowest BCUT2D eigenvalue weighted by Crippen LogP contribution is -2.52. The molecule has 3 N–H and O–H groups in total. The number of carbonyl (C=O) groups excluding carboxylic acids is 1. The maximum absolute atomic E-state index is 11.8. The molecule has 0 bridgehead atoms. The average Bonchev–Trinajstić information content (AvgIpc) is 2.36. The molecule has 1 saturated heterocycles. The van der Waals surface area contributed by atoms with Crippen LogP contribution < -0.4 is 5.73 Å². The fourth-order valence-electron chi connectivity index (χ4n) is 2.11. The lowest BCUT2D eigenvalue weighted by Gasteiger charge is -2.40. The van der Waals surface area contributed by atoms with Crippen molar-refractivity contribution in [1.82, 2.24) is 4.90 Å². The van der Waals surface area contributed by atoms with Gasteiger partial charge >= 0.3 is 0 Å².